The Labute approximate surface area is 105 Å². The molecule has 0 radical (unpaired) electrons. The monoisotopic (exact) mass is 232 g/mol. The molecule has 17 heavy (non-hydrogen) atoms. The van der Waals surface area contributed by atoms with Gasteiger partial charge in [-0.15, -0.1) is 0 Å². The molecule has 0 amide bonds. The fourth-order valence-electron chi connectivity index (χ4n) is 2.55. The van der Waals surface area contributed by atoms with Crippen molar-refractivity contribution in [2.45, 2.75) is 38.8 Å². The zero-order chi connectivity index (χ0) is 12.1. The average Bonchev–Trinajstić information content (AvgIpc) is 2.39. The molecule has 1 aromatic rings. The van der Waals surface area contributed by atoms with Crippen LogP contribution in [0.4, 0.5) is 0 Å². The molecule has 0 aliphatic carbocycles. The van der Waals surface area contributed by atoms with E-state index in [-0.39, 0.29) is 0 Å². The minimum atomic E-state index is 0.611. The van der Waals surface area contributed by atoms with Crippen molar-refractivity contribution in [1.29, 1.82) is 0 Å². The average molecular weight is 232 g/mol. The lowest BCUT2D eigenvalue weighted by atomic mass is 10.0. The first-order chi connectivity index (χ1) is 8.29. The SMILES string of the molecule is CCC(C)N1CCNC(Cc2ccccc2)C1. The first-order valence-electron chi connectivity index (χ1n) is 6.81. The van der Waals surface area contributed by atoms with Crippen molar-refractivity contribution in [3.8, 4) is 0 Å². The smallest absolute Gasteiger partial charge is 0.0236 e. The van der Waals surface area contributed by atoms with Gasteiger partial charge < -0.3 is 5.32 Å². The molecule has 0 saturated carbocycles. The summed E-state index contributed by atoms with van der Waals surface area (Å²) in [5.41, 5.74) is 1.44. The molecule has 1 N–H and O–H groups in total. The van der Waals surface area contributed by atoms with Crippen LogP contribution in [-0.2, 0) is 6.42 Å². The predicted octanol–water partition coefficient (Wildman–Crippen LogP) is 2.30. The van der Waals surface area contributed by atoms with Gasteiger partial charge in [-0.3, -0.25) is 4.90 Å². The fraction of sp³-hybridized carbons (Fsp3) is 0.600. The summed E-state index contributed by atoms with van der Waals surface area (Å²) < 4.78 is 0. The van der Waals surface area contributed by atoms with Crippen molar-refractivity contribution in [2.75, 3.05) is 19.6 Å². The summed E-state index contributed by atoms with van der Waals surface area (Å²) in [5.74, 6) is 0. The zero-order valence-electron chi connectivity index (χ0n) is 11.0. The molecule has 2 atom stereocenters. The quantitative estimate of drug-likeness (QED) is 0.857. The minimum Gasteiger partial charge on any atom is -0.311 e. The van der Waals surface area contributed by atoms with Crippen LogP contribution in [0.5, 0.6) is 0 Å². The third kappa shape index (κ3) is 3.55. The van der Waals surface area contributed by atoms with E-state index in [0.717, 1.165) is 19.0 Å². The van der Waals surface area contributed by atoms with Crippen LogP contribution < -0.4 is 5.32 Å². The van der Waals surface area contributed by atoms with Crippen molar-refractivity contribution >= 4 is 0 Å². The molecule has 1 fully saturated rings. The molecule has 0 spiro atoms. The van der Waals surface area contributed by atoms with Gasteiger partial charge in [0.25, 0.3) is 0 Å². The van der Waals surface area contributed by atoms with Gasteiger partial charge in [0.1, 0.15) is 0 Å². The van der Waals surface area contributed by atoms with E-state index in [1.54, 1.807) is 0 Å². The summed E-state index contributed by atoms with van der Waals surface area (Å²) in [6.07, 6.45) is 2.39. The number of nitrogens with zero attached hydrogens (tertiary/aromatic N) is 1. The van der Waals surface area contributed by atoms with E-state index in [9.17, 15) is 0 Å². The van der Waals surface area contributed by atoms with Gasteiger partial charge >= 0.3 is 0 Å². The second-order valence-corrected chi connectivity index (χ2v) is 5.09. The zero-order valence-corrected chi connectivity index (χ0v) is 11.0. The molecular formula is C15H24N2. The van der Waals surface area contributed by atoms with Crippen molar-refractivity contribution < 1.29 is 0 Å². The third-order valence-electron chi connectivity index (χ3n) is 3.83. The first-order valence-corrected chi connectivity index (χ1v) is 6.81. The van der Waals surface area contributed by atoms with E-state index in [1.165, 1.54) is 25.1 Å². The molecule has 2 unspecified atom stereocenters. The van der Waals surface area contributed by atoms with E-state index in [4.69, 9.17) is 0 Å². The Hall–Kier alpha value is -0.860. The number of benzene rings is 1. The highest BCUT2D eigenvalue weighted by Crippen LogP contribution is 2.11. The van der Waals surface area contributed by atoms with Crippen molar-refractivity contribution in [3.05, 3.63) is 35.9 Å². The van der Waals surface area contributed by atoms with Crippen LogP contribution >= 0.6 is 0 Å². The highest BCUT2D eigenvalue weighted by molar-refractivity contribution is 5.16. The van der Waals surface area contributed by atoms with Gasteiger partial charge in [-0.05, 0) is 25.3 Å². The maximum absolute atomic E-state index is 3.63. The van der Waals surface area contributed by atoms with Crippen LogP contribution in [0.1, 0.15) is 25.8 Å². The van der Waals surface area contributed by atoms with Gasteiger partial charge in [-0.2, -0.15) is 0 Å². The molecule has 2 heteroatoms. The molecule has 1 aliphatic rings. The number of nitrogens with one attached hydrogen (secondary N) is 1. The van der Waals surface area contributed by atoms with Crippen molar-refractivity contribution in [2.24, 2.45) is 0 Å². The van der Waals surface area contributed by atoms with Crippen LogP contribution in [0.3, 0.4) is 0 Å². The van der Waals surface area contributed by atoms with Gasteiger partial charge in [0.15, 0.2) is 0 Å². The van der Waals surface area contributed by atoms with Crippen LogP contribution in [-0.4, -0.2) is 36.6 Å². The maximum Gasteiger partial charge on any atom is 0.0236 e. The maximum atomic E-state index is 3.63. The van der Waals surface area contributed by atoms with Gasteiger partial charge in [0.2, 0.25) is 0 Å². The largest absolute Gasteiger partial charge is 0.311 e. The molecule has 1 aliphatic heterocycles. The Balaban J connectivity index is 1.89. The predicted molar refractivity (Wildman–Crippen MR) is 73.3 cm³/mol. The van der Waals surface area contributed by atoms with E-state index >= 15 is 0 Å². The van der Waals surface area contributed by atoms with Gasteiger partial charge in [-0.1, -0.05) is 37.3 Å². The summed E-state index contributed by atoms with van der Waals surface area (Å²) in [6, 6.07) is 12.1. The molecule has 1 aromatic carbocycles. The second kappa shape index (κ2) is 6.18. The lowest BCUT2D eigenvalue weighted by Gasteiger charge is -2.37. The lowest BCUT2D eigenvalue weighted by Crippen LogP contribution is -2.53. The second-order valence-electron chi connectivity index (χ2n) is 5.09. The van der Waals surface area contributed by atoms with Crippen LogP contribution in [0.15, 0.2) is 30.3 Å². The van der Waals surface area contributed by atoms with E-state index in [2.05, 4.69) is 54.4 Å². The molecule has 2 nitrogen and oxygen atoms in total. The lowest BCUT2D eigenvalue weighted by molar-refractivity contribution is 0.149. The Morgan fingerprint density at radius 3 is 2.82 bits per heavy atom. The molecule has 1 heterocycles. The van der Waals surface area contributed by atoms with Crippen LogP contribution in [0, 0.1) is 0 Å². The summed E-state index contributed by atoms with van der Waals surface area (Å²) in [5, 5.41) is 3.63. The molecule has 0 bridgehead atoms. The minimum absolute atomic E-state index is 0.611. The molecule has 94 valence electrons. The number of piperazine rings is 1. The number of rotatable bonds is 4. The highest BCUT2D eigenvalue weighted by Gasteiger charge is 2.22. The van der Waals surface area contributed by atoms with Crippen LogP contribution in [0.25, 0.3) is 0 Å². The highest BCUT2D eigenvalue weighted by atomic mass is 15.2. The van der Waals surface area contributed by atoms with Gasteiger partial charge in [0, 0.05) is 31.7 Å². The van der Waals surface area contributed by atoms with Gasteiger partial charge in [0.05, 0.1) is 0 Å². The Morgan fingerprint density at radius 1 is 1.35 bits per heavy atom. The topological polar surface area (TPSA) is 15.3 Å². The van der Waals surface area contributed by atoms with E-state index < -0.39 is 0 Å². The van der Waals surface area contributed by atoms with Crippen LogP contribution in [0.2, 0.25) is 0 Å². The Morgan fingerprint density at radius 2 is 2.12 bits per heavy atom. The standard InChI is InChI=1S/C15H24N2/c1-3-13(2)17-10-9-16-15(12-17)11-14-7-5-4-6-8-14/h4-8,13,15-16H,3,9-12H2,1-2H3. The number of hydrogen-bond donors (Lipinski definition) is 1. The summed E-state index contributed by atoms with van der Waals surface area (Å²) in [4.78, 5) is 2.62. The molecule has 0 aromatic heterocycles. The summed E-state index contributed by atoms with van der Waals surface area (Å²) in [7, 11) is 0. The van der Waals surface area contributed by atoms with E-state index in [1.807, 2.05) is 0 Å². The first kappa shape index (κ1) is 12.6. The van der Waals surface area contributed by atoms with Crippen molar-refractivity contribution in [3.63, 3.8) is 0 Å². The normalized spacial score (nSPS) is 23.5. The Kier molecular flexibility index (Phi) is 4.57. The summed E-state index contributed by atoms with van der Waals surface area (Å²) >= 11 is 0. The molecule has 2 rings (SSSR count). The fourth-order valence-corrected chi connectivity index (χ4v) is 2.55. The number of hydrogen-bond acceptors (Lipinski definition) is 2. The molecular weight excluding hydrogens is 208 g/mol. The summed E-state index contributed by atoms with van der Waals surface area (Å²) in [6.45, 7) is 8.12. The third-order valence-corrected chi connectivity index (χ3v) is 3.83. The van der Waals surface area contributed by atoms with Gasteiger partial charge in [-0.25, -0.2) is 0 Å². The van der Waals surface area contributed by atoms with E-state index in [0.29, 0.717) is 6.04 Å². The molecule has 1 saturated heterocycles. The van der Waals surface area contributed by atoms with Crippen molar-refractivity contribution in [1.82, 2.24) is 10.2 Å². The Bertz CT molecular complexity index is 323.